The summed E-state index contributed by atoms with van der Waals surface area (Å²) in [6, 6.07) is 12.0. The molecule has 0 bridgehead atoms. The average molecular weight is 385 g/mol. The van der Waals surface area contributed by atoms with Crippen LogP contribution in [-0.2, 0) is 0 Å². The molecule has 1 amide bonds. The van der Waals surface area contributed by atoms with Gasteiger partial charge in [-0.05, 0) is 42.0 Å². The lowest BCUT2D eigenvalue weighted by atomic mass is 10.1. The van der Waals surface area contributed by atoms with Gasteiger partial charge in [-0.1, -0.05) is 44.0 Å². The molecule has 0 aliphatic rings. The molecule has 100 valence electrons. The van der Waals surface area contributed by atoms with Gasteiger partial charge in [-0.3, -0.25) is 4.79 Å². The Morgan fingerprint density at radius 2 is 1.84 bits per heavy atom. The first-order chi connectivity index (χ1) is 9.02. The van der Waals surface area contributed by atoms with Gasteiger partial charge in [-0.2, -0.15) is 0 Å². The maximum atomic E-state index is 12.4. The predicted molar refractivity (Wildman–Crippen MR) is 87.0 cm³/mol. The quantitative estimate of drug-likeness (QED) is 0.715. The molecule has 0 aliphatic carbocycles. The highest BCUT2D eigenvalue weighted by atomic mass is 79.9. The lowest BCUT2D eigenvalue weighted by Gasteiger charge is -2.23. The molecular formula is C15H15Br2NO. The van der Waals surface area contributed by atoms with Gasteiger partial charge in [-0.25, -0.2) is 0 Å². The van der Waals surface area contributed by atoms with Gasteiger partial charge in [-0.15, -0.1) is 0 Å². The number of hydrogen-bond donors (Lipinski definition) is 0. The normalized spacial score (nSPS) is 12.4. The third-order valence-electron chi connectivity index (χ3n) is 3.25. The fourth-order valence-corrected chi connectivity index (χ4v) is 2.67. The molecule has 2 aromatic carbocycles. The number of nitrogens with zero attached hydrogens (tertiary/aromatic N) is 1. The van der Waals surface area contributed by atoms with E-state index in [-0.39, 0.29) is 11.9 Å². The molecule has 0 aliphatic heterocycles. The van der Waals surface area contributed by atoms with Crippen molar-refractivity contribution in [2.24, 2.45) is 0 Å². The topological polar surface area (TPSA) is 20.3 Å². The Bertz CT molecular complexity index is 612. The molecular weight excluding hydrogens is 370 g/mol. The van der Waals surface area contributed by atoms with Crippen molar-refractivity contribution >= 4 is 48.5 Å². The number of amides is 1. The third-order valence-corrected chi connectivity index (χ3v) is 4.68. The van der Waals surface area contributed by atoms with Crippen molar-refractivity contribution in [3.05, 3.63) is 46.4 Å². The van der Waals surface area contributed by atoms with Crippen molar-refractivity contribution in [1.29, 1.82) is 0 Å². The maximum Gasteiger partial charge on any atom is 0.253 e. The van der Waals surface area contributed by atoms with E-state index in [9.17, 15) is 4.79 Å². The minimum Gasteiger partial charge on any atom is -0.338 e. The largest absolute Gasteiger partial charge is 0.338 e. The van der Waals surface area contributed by atoms with E-state index in [2.05, 4.69) is 37.9 Å². The molecule has 1 atom stereocenters. The highest BCUT2D eigenvalue weighted by Gasteiger charge is 2.16. The summed E-state index contributed by atoms with van der Waals surface area (Å²) in [5, 5.41) is 2.98. The molecule has 0 radical (unpaired) electrons. The van der Waals surface area contributed by atoms with Crippen LogP contribution in [0.2, 0.25) is 0 Å². The van der Waals surface area contributed by atoms with E-state index in [4.69, 9.17) is 0 Å². The zero-order chi connectivity index (χ0) is 14.0. The molecule has 4 heteroatoms. The van der Waals surface area contributed by atoms with Crippen molar-refractivity contribution in [2.75, 3.05) is 12.4 Å². The summed E-state index contributed by atoms with van der Waals surface area (Å²) in [5.74, 6) is 0.0526. The lowest BCUT2D eigenvalue weighted by Crippen LogP contribution is -2.36. The van der Waals surface area contributed by atoms with Crippen LogP contribution in [0.1, 0.15) is 17.3 Å². The monoisotopic (exact) mass is 383 g/mol. The first-order valence-electron chi connectivity index (χ1n) is 6.05. The second kappa shape index (κ2) is 6.06. The van der Waals surface area contributed by atoms with Crippen molar-refractivity contribution in [3.63, 3.8) is 0 Å². The number of benzene rings is 2. The van der Waals surface area contributed by atoms with E-state index in [1.54, 1.807) is 4.90 Å². The zero-order valence-corrected chi connectivity index (χ0v) is 14.0. The van der Waals surface area contributed by atoms with E-state index in [1.165, 1.54) is 0 Å². The van der Waals surface area contributed by atoms with Crippen molar-refractivity contribution in [1.82, 2.24) is 4.90 Å². The number of alkyl halides is 1. The van der Waals surface area contributed by atoms with Crippen LogP contribution in [0.15, 0.2) is 40.9 Å². The molecule has 2 rings (SSSR count). The summed E-state index contributed by atoms with van der Waals surface area (Å²) in [6.45, 7) is 2.02. The van der Waals surface area contributed by atoms with Crippen molar-refractivity contribution in [2.45, 2.75) is 13.0 Å². The van der Waals surface area contributed by atoms with Gasteiger partial charge in [0.15, 0.2) is 0 Å². The number of fused-ring (bicyclic) bond motifs is 1. The minimum absolute atomic E-state index is 0.0526. The lowest BCUT2D eigenvalue weighted by molar-refractivity contribution is 0.0758. The van der Waals surface area contributed by atoms with E-state index in [0.717, 1.165) is 26.1 Å². The molecule has 2 nitrogen and oxygen atoms in total. The van der Waals surface area contributed by atoms with Gasteiger partial charge >= 0.3 is 0 Å². The van der Waals surface area contributed by atoms with Crippen LogP contribution in [0.3, 0.4) is 0 Å². The van der Waals surface area contributed by atoms with Gasteiger partial charge < -0.3 is 4.90 Å². The Hall–Kier alpha value is -0.870. The van der Waals surface area contributed by atoms with E-state index in [1.807, 2.05) is 44.3 Å². The predicted octanol–water partition coefficient (Wildman–Crippen LogP) is 4.46. The molecule has 19 heavy (non-hydrogen) atoms. The molecule has 0 saturated carbocycles. The van der Waals surface area contributed by atoms with Crippen LogP contribution >= 0.6 is 31.9 Å². The molecule has 0 spiro atoms. The van der Waals surface area contributed by atoms with E-state index in [0.29, 0.717) is 0 Å². The number of hydrogen-bond acceptors (Lipinski definition) is 1. The third kappa shape index (κ3) is 3.18. The van der Waals surface area contributed by atoms with Gasteiger partial charge in [0.1, 0.15) is 0 Å². The fourth-order valence-electron chi connectivity index (χ4n) is 1.86. The smallest absolute Gasteiger partial charge is 0.253 e. The van der Waals surface area contributed by atoms with Crippen LogP contribution in [0.5, 0.6) is 0 Å². The number of halogens is 2. The Morgan fingerprint density at radius 3 is 2.53 bits per heavy atom. The van der Waals surface area contributed by atoms with Crippen LogP contribution < -0.4 is 0 Å². The number of carbonyl (C=O) groups excluding carboxylic acids is 1. The molecule has 0 aromatic heterocycles. The summed E-state index contributed by atoms with van der Waals surface area (Å²) >= 11 is 6.86. The van der Waals surface area contributed by atoms with Crippen molar-refractivity contribution in [3.8, 4) is 0 Å². The van der Waals surface area contributed by atoms with E-state index >= 15 is 0 Å². The first kappa shape index (κ1) is 14.5. The molecule has 0 N–H and O–H groups in total. The van der Waals surface area contributed by atoms with Crippen LogP contribution in [0.4, 0.5) is 0 Å². The average Bonchev–Trinajstić information content (AvgIpc) is 2.44. The molecule has 0 heterocycles. The Morgan fingerprint density at radius 1 is 1.21 bits per heavy atom. The Kier molecular flexibility index (Phi) is 4.63. The summed E-state index contributed by atoms with van der Waals surface area (Å²) in [5.41, 5.74) is 0.727. The summed E-state index contributed by atoms with van der Waals surface area (Å²) < 4.78 is 1.05. The van der Waals surface area contributed by atoms with Gasteiger partial charge in [0.05, 0.1) is 0 Å². The second-order valence-corrected chi connectivity index (χ2v) is 6.19. The van der Waals surface area contributed by atoms with Gasteiger partial charge in [0, 0.05) is 28.5 Å². The molecule has 0 saturated heterocycles. The van der Waals surface area contributed by atoms with Crippen LogP contribution in [0, 0.1) is 0 Å². The summed E-state index contributed by atoms with van der Waals surface area (Å²) in [7, 11) is 1.83. The van der Waals surface area contributed by atoms with Gasteiger partial charge in [0.2, 0.25) is 0 Å². The highest BCUT2D eigenvalue weighted by Crippen LogP contribution is 2.21. The Labute approximate surface area is 130 Å². The van der Waals surface area contributed by atoms with Crippen LogP contribution in [-0.4, -0.2) is 29.2 Å². The minimum atomic E-state index is 0.0526. The van der Waals surface area contributed by atoms with Gasteiger partial charge in [0.25, 0.3) is 5.91 Å². The fraction of sp³-hybridized carbons (Fsp3) is 0.267. The molecule has 2 aromatic rings. The number of carbonyl (C=O) groups is 1. The first-order valence-corrected chi connectivity index (χ1v) is 7.97. The standard InChI is InChI=1S/C15H15Br2NO/c1-10(9-16)18(2)15(19)13-4-3-12-8-14(17)6-5-11(12)7-13/h3-8,10H,9H2,1-2H3. The Balaban J connectivity index is 2.35. The maximum absolute atomic E-state index is 12.4. The molecule has 0 fully saturated rings. The highest BCUT2D eigenvalue weighted by molar-refractivity contribution is 9.10. The summed E-state index contributed by atoms with van der Waals surface area (Å²) in [4.78, 5) is 14.1. The van der Waals surface area contributed by atoms with Crippen LogP contribution in [0.25, 0.3) is 10.8 Å². The zero-order valence-electron chi connectivity index (χ0n) is 10.9. The van der Waals surface area contributed by atoms with E-state index < -0.39 is 0 Å². The molecule has 1 unspecified atom stereocenters. The van der Waals surface area contributed by atoms with Crippen molar-refractivity contribution < 1.29 is 4.79 Å². The second-order valence-electron chi connectivity index (χ2n) is 4.63. The summed E-state index contributed by atoms with van der Waals surface area (Å²) in [6.07, 6.45) is 0. The SMILES string of the molecule is CC(CBr)N(C)C(=O)c1ccc2cc(Br)ccc2c1. The number of rotatable bonds is 3.